The number of benzene rings is 1. The van der Waals surface area contributed by atoms with Gasteiger partial charge in [-0.1, -0.05) is 38.1 Å². The quantitative estimate of drug-likeness (QED) is 0.599. The van der Waals surface area contributed by atoms with E-state index in [0.29, 0.717) is 10.8 Å². The molecule has 2 rings (SSSR count). The van der Waals surface area contributed by atoms with Gasteiger partial charge in [-0.15, -0.1) is 0 Å². The molecule has 1 saturated heterocycles. The molecule has 1 aliphatic rings. The molecule has 0 aliphatic carbocycles. The van der Waals surface area contributed by atoms with Crippen molar-refractivity contribution >= 4 is 35.0 Å². The lowest BCUT2D eigenvalue weighted by atomic mass is 10.0. The van der Waals surface area contributed by atoms with E-state index < -0.39 is 17.1 Å². The van der Waals surface area contributed by atoms with E-state index in [1.54, 1.807) is 19.9 Å². The van der Waals surface area contributed by atoms with Crippen LogP contribution in [0.15, 0.2) is 29.2 Å². The normalized spacial score (nSPS) is 16.6. The summed E-state index contributed by atoms with van der Waals surface area (Å²) in [7, 11) is 0. The van der Waals surface area contributed by atoms with Crippen LogP contribution in [0, 0.1) is 0 Å². The average molecular weight is 347 g/mol. The molecule has 0 atom stereocenters. The Hall–Kier alpha value is -2.08. The van der Waals surface area contributed by atoms with Gasteiger partial charge in [0.25, 0.3) is 11.1 Å². The maximum atomic E-state index is 12.3. The van der Waals surface area contributed by atoms with Crippen molar-refractivity contribution in [3.05, 3.63) is 40.3 Å². The number of carbonyl (C=O) groups excluding carboxylic acids is 3. The number of hydrogen-bond acceptors (Lipinski definition) is 5. The molecule has 1 aromatic rings. The van der Waals surface area contributed by atoms with Crippen molar-refractivity contribution in [3.63, 3.8) is 0 Å². The standard InChI is InChI=1S/C18H21NO4S/c1-11(2)14-7-5-13(6-8-14)9-15-17(21)19(18(22)24-15)10-16(20)23-12(3)4/h5-9,11-12H,10H2,1-4H3/b15-9+. The highest BCUT2D eigenvalue weighted by Gasteiger charge is 2.36. The van der Waals surface area contributed by atoms with Gasteiger partial charge in [-0.25, -0.2) is 0 Å². The highest BCUT2D eigenvalue weighted by molar-refractivity contribution is 8.18. The Balaban J connectivity index is 2.11. The summed E-state index contributed by atoms with van der Waals surface area (Å²) in [5.41, 5.74) is 2.05. The number of thioether (sulfide) groups is 1. The number of esters is 1. The second-order valence-corrected chi connectivity index (χ2v) is 7.12. The SMILES string of the molecule is CC(C)OC(=O)CN1C(=O)S/C(=C/c2ccc(C(C)C)cc2)C1=O. The van der Waals surface area contributed by atoms with Crippen LogP contribution in [0.3, 0.4) is 0 Å². The van der Waals surface area contributed by atoms with E-state index in [-0.39, 0.29) is 12.6 Å². The Morgan fingerprint density at radius 2 is 1.79 bits per heavy atom. The molecule has 2 amide bonds. The maximum absolute atomic E-state index is 12.3. The van der Waals surface area contributed by atoms with Gasteiger partial charge < -0.3 is 4.74 Å². The van der Waals surface area contributed by atoms with E-state index in [4.69, 9.17) is 4.74 Å². The predicted octanol–water partition coefficient (Wildman–Crippen LogP) is 3.80. The number of hydrogen-bond donors (Lipinski definition) is 0. The van der Waals surface area contributed by atoms with E-state index in [1.165, 1.54) is 5.56 Å². The zero-order chi connectivity index (χ0) is 17.9. The van der Waals surface area contributed by atoms with E-state index in [1.807, 2.05) is 24.3 Å². The van der Waals surface area contributed by atoms with Crippen LogP contribution in [0.1, 0.15) is 44.7 Å². The molecule has 0 aromatic heterocycles. The van der Waals surface area contributed by atoms with Crippen molar-refractivity contribution in [2.24, 2.45) is 0 Å². The molecule has 24 heavy (non-hydrogen) atoms. The predicted molar refractivity (Wildman–Crippen MR) is 94.4 cm³/mol. The first kappa shape index (κ1) is 18.3. The molecule has 0 spiro atoms. The van der Waals surface area contributed by atoms with Gasteiger partial charge in [-0.05, 0) is 48.7 Å². The molecule has 0 unspecified atom stereocenters. The van der Waals surface area contributed by atoms with Crippen molar-refractivity contribution in [1.29, 1.82) is 0 Å². The van der Waals surface area contributed by atoms with Crippen LogP contribution in [0.2, 0.25) is 0 Å². The van der Waals surface area contributed by atoms with Crippen molar-refractivity contribution < 1.29 is 19.1 Å². The van der Waals surface area contributed by atoms with Crippen molar-refractivity contribution in [3.8, 4) is 0 Å². The third kappa shape index (κ3) is 4.47. The van der Waals surface area contributed by atoms with Gasteiger partial charge in [0.05, 0.1) is 11.0 Å². The minimum atomic E-state index is -0.588. The second kappa shape index (κ2) is 7.66. The van der Waals surface area contributed by atoms with Gasteiger partial charge in [-0.2, -0.15) is 0 Å². The van der Waals surface area contributed by atoms with Gasteiger partial charge in [-0.3, -0.25) is 19.3 Å². The minimum Gasteiger partial charge on any atom is -0.462 e. The largest absolute Gasteiger partial charge is 0.462 e. The molecule has 128 valence electrons. The summed E-state index contributed by atoms with van der Waals surface area (Å²) in [5.74, 6) is -0.619. The smallest absolute Gasteiger partial charge is 0.326 e. The van der Waals surface area contributed by atoms with Crippen LogP contribution in [-0.4, -0.2) is 34.7 Å². The second-order valence-electron chi connectivity index (χ2n) is 6.13. The molecule has 0 saturated carbocycles. The number of imide groups is 1. The zero-order valence-electron chi connectivity index (χ0n) is 14.2. The fraction of sp³-hybridized carbons (Fsp3) is 0.389. The van der Waals surface area contributed by atoms with Crippen LogP contribution in [-0.2, 0) is 14.3 Å². The summed E-state index contributed by atoms with van der Waals surface area (Å²) >= 11 is 0.839. The molecule has 1 aliphatic heterocycles. The third-order valence-electron chi connectivity index (χ3n) is 3.43. The third-order valence-corrected chi connectivity index (χ3v) is 4.34. The van der Waals surface area contributed by atoms with Crippen LogP contribution in [0.25, 0.3) is 6.08 Å². The summed E-state index contributed by atoms with van der Waals surface area (Å²) in [4.78, 5) is 37.2. The number of ether oxygens (including phenoxy) is 1. The van der Waals surface area contributed by atoms with Crippen molar-refractivity contribution in [2.45, 2.75) is 39.7 Å². The van der Waals surface area contributed by atoms with Gasteiger partial charge in [0.1, 0.15) is 6.54 Å². The van der Waals surface area contributed by atoms with Gasteiger partial charge in [0, 0.05) is 0 Å². The Morgan fingerprint density at radius 3 is 2.33 bits per heavy atom. The summed E-state index contributed by atoms with van der Waals surface area (Å²) in [6, 6.07) is 7.83. The summed E-state index contributed by atoms with van der Waals surface area (Å²) in [6.45, 7) is 7.29. The van der Waals surface area contributed by atoms with E-state index in [0.717, 1.165) is 22.2 Å². The molecular formula is C18H21NO4S. The van der Waals surface area contributed by atoms with Crippen molar-refractivity contribution in [2.75, 3.05) is 6.54 Å². The molecule has 1 heterocycles. The van der Waals surface area contributed by atoms with Gasteiger partial charge >= 0.3 is 5.97 Å². The lowest BCUT2D eigenvalue weighted by molar-refractivity contribution is -0.149. The average Bonchev–Trinajstić information content (AvgIpc) is 2.74. The Labute approximate surface area is 146 Å². The Kier molecular flexibility index (Phi) is 5.83. The topological polar surface area (TPSA) is 63.7 Å². The lowest BCUT2D eigenvalue weighted by Crippen LogP contribution is -2.35. The molecule has 1 fully saturated rings. The van der Waals surface area contributed by atoms with E-state index in [2.05, 4.69) is 13.8 Å². The fourth-order valence-corrected chi connectivity index (χ4v) is 3.03. The first-order chi connectivity index (χ1) is 11.3. The Morgan fingerprint density at radius 1 is 1.17 bits per heavy atom. The summed E-state index contributed by atoms with van der Waals surface area (Å²) in [6.07, 6.45) is 1.38. The van der Waals surface area contributed by atoms with E-state index in [9.17, 15) is 14.4 Å². The van der Waals surface area contributed by atoms with Gasteiger partial charge in [0.15, 0.2) is 0 Å². The number of carbonyl (C=O) groups is 3. The number of amides is 2. The van der Waals surface area contributed by atoms with Crippen molar-refractivity contribution in [1.82, 2.24) is 4.90 Å². The first-order valence-corrected chi connectivity index (χ1v) is 8.64. The highest BCUT2D eigenvalue weighted by Crippen LogP contribution is 2.32. The molecule has 0 bridgehead atoms. The highest BCUT2D eigenvalue weighted by atomic mass is 32.2. The Bertz CT molecular complexity index is 677. The number of nitrogens with zero attached hydrogens (tertiary/aromatic N) is 1. The molecule has 6 heteroatoms. The molecule has 5 nitrogen and oxygen atoms in total. The summed E-state index contributed by atoms with van der Waals surface area (Å²) < 4.78 is 4.98. The lowest BCUT2D eigenvalue weighted by Gasteiger charge is -2.13. The zero-order valence-corrected chi connectivity index (χ0v) is 15.1. The molecule has 1 aromatic carbocycles. The number of rotatable bonds is 5. The molecule has 0 N–H and O–H groups in total. The molecular weight excluding hydrogens is 326 g/mol. The maximum Gasteiger partial charge on any atom is 0.326 e. The minimum absolute atomic E-state index is 0.285. The first-order valence-electron chi connectivity index (χ1n) is 7.82. The van der Waals surface area contributed by atoms with Crippen LogP contribution >= 0.6 is 11.8 Å². The van der Waals surface area contributed by atoms with Crippen LogP contribution < -0.4 is 0 Å². The van der Waals surface area contributed by atoms with E-state index >= 15 is 0 Å². The summed E-state index contributed by atoms with van der Waals surface area (Å²) in [5, 5.41) is -0.453. The van der Waals surface area contributed by atoms with Crippen LogP contribution in [0.5, 0.6) is 0 Å². The monoisotopic (exact) mass is 347 g/mol. The fourth-order valence-electron chi connectivity index (χ4n) is 2.19. The molecule has 0 radical (unpaired) electrons. The van der Waals surface area contributed by atoms with Crippen LogP contribution in [0.4, 0.5) is 4.79 Å². The van der Waals surface area contributed by atoms with Gasteiger partial charge in [0.2, 0.25) is 0 Å².